The zero-order valence-electron chi connectivity index (χ0n) is 16.0. The quantitative estimate of drug-likeness (QED) is 0.472. The molecule has 10 heteroatoms. The number of benzene rings is 1. The van der Waals surface area contributed by atoms with Gasteiger partial charge in [-0.3, -0.25) is 15.1 Å². The van der Waals surface area contributed by atoms with Crippen LogP contribution in [0.1, 0.15) is 34.7 Å². The van der Waals surface area contributed by atoms with Crippen molar-refractivity contribution in [1.29, 1.82) is 0 Å². The molecule has 0 amide bonds. The van der Waals surface area contributed by atoms with Crippen LogP contribution in [-0.4, -0.2) is 62.9 Å². The van der Waals surface area contributed by atoms with Crippen LogP contribution in [0.4, 0.5) is 0 Å². The number of aliphatic hydroxyl groups is 1. The number of aliphatic hydroxyl groups excluding tert-OH is 1. The van der Waals surface area contributed by atoms with Gasteiger partial charge in [-0.05, 0) is 43.5 Å². The zero-order valence-corrected chi connectivity index (χ0v) is 16.0. The van der Waals surface area contributed by atoms with E-state index < -0.39 is 5.97 Å². The minimum Gasteiger partial charge on any atom is -0.478 e. The molecule has 3 heterocycles. The number of rotatable bonds is 4. The summed E-state index contributed by atoms with van der Waals surface area (Å²) < 4.78 is 6.65. The number of hydrogen-bond donors (Lipinski definition) is 4. The van der Waals surface area contributed by atoms with Crippen LogP contribution in [0.15, 0.2) is 35.4 Å². The summed E-state index contributed by atoms with van der Waals surface area (Å²) in [7, 11) is 1.68. The fourth-order valence-electron chi connectivity index (χ4n) is 3.09. The molecule has 0 aliphatic carbocycles. The highest BCUT2D eigenvalue weighted by molar-refractivity contribution is 5.87. The Morgan fingerprint density at radius 3 is 2.72 bits per heavy atom. The van der Waals surface area contributed by atoms with Gasteiger partial charge in [0.05, 0.1) is 29.4 Å². The summed E-state index contributed by atoms with van der Waals surface area (Å²) in [5, 5.41) is 23.7. The van der Waals surface area contributed by atoms with E-state index in [4.69, 9.17) is 14.9 Å². The van der Waals surface area contributed by atoms with Crippen LogP contribution in [-0.2, 0) is 4.74 Å². The fourth-order valence-corrected chi connectivity index (χ4v) is 3.09. The van der Waals surface area contributed by atoms with Crippen LogP contribution in [0.2, 0.25) is 0 Å². The average molecular weight is 401 g/mol. The SMILES string of the molecule is CNCO.O=C(O)c1cnn(-c2nc3cc(C4CCOCC4)ccc3c(=O)[nH]2)c1. The van der Waals surface area contributed by atoms with E-state index in [2.05, 4.69) is 20.4 Å². The Kier molecular flexibility index (Phi) is 6.70. The molecule has 2 aromatic heterocycles. The van der Waals surface area contributed by atoms with Crippen LogP contribution in [0.3, 0.4) is 0 Å². The first kappa shape index (κ1) is 20.6. The molecule has 0 bridgehead atoms. The standard InChI is InChI=1S/C17H16N4O4.C2H7NO/c22-15-13-2-1-11(10-3-5-25-6-4-10)7-14(13)19-17(20-15)21-9-12(8-18-21)16(23)24;1-3-2-4/h1-2,7-10H,3-6H2,(H,23,24)(H,19,20,22);3-4H,2H2,1H3. The van der Waals surface area contributed by atoms with E-state index >= 15 is 0 Å². The lowest BCUT2D eigenvalue weighted by Gasteiger charge is -2.22. The molecule has 29 heavy (non-hydrogen) atoms. The number of carbonyl (C=O) groups is 1. The molecule has 4 rings (SSSR count). The van der Waals surface area contributed by atoms with Gasteiger partial charge in [0.2, 0.25) is 5.95 Å². The first-order valence-electron chi connectivity index (χ1n) is 9.19. The summed E-state index contributed by atoms with van der Waals surface area (Å²) in [4.78, 5) is 30.4. The normalized spacial score (nSPS) is 14.4. The highest BCUT2D eigenvalue weighted by Gasteiger charge is 2.17. The average Bonchev–Trinajstić information content (AvgIpc) is 3.25. The van der Waals surface area contributed by atoms with Gasteiger partial charge in [-0.15, -0.1) is 0 Å². The molecule has 1 saturated heterocycles. The van der Waals surface area contributed by atoms with Gasteiger partial charge in [0, 0.05) is 19.4 Å². The second-order valence-electron chi connectivity index (χ2n) is 6.54. The number of aromatic amines is 1. The van der Waals surface area contributed by atoms with Crippen molar-refractivity contribution in [3.05, 3.63) is 52.1 Å². The Morgan fingerprint density at radius 2 is 2.10 bits per heavy atom. The molecule has 3 aromatic rings. The topological polar surface area (TPSA) is 142 Å². The van der Waals surface area contributed by atoms with Crippen LogP contribution >= 0.6 is 0 Å². The molecule has 0 radical (unpaired) electrons. The maximum absolute atomic E-state index is 12.3. The monoisotopic (exact) mass is 401 g/mol. The van der Waals surface area contributed by atoms with Crippen LogP contribution in [0.5, 0.6) is 0 Å². The van der Waals surface area contributed by atoms with Crippen molar-refractivity contribution in [2.24, 2.45) is 0 Å². The van der Waals surface area contributed by atoms with E-state index in [9.17, 15) is 9.59 Å². The number of fused-ring (bicyclic) bond motifs is 1. The largest absolute Gasteiger partial charge is 0.478 e. The minimum absolute atomic E-state index is 0.0266. The molecule has 0 atom stereocenters. The van der Waals surface area contributed by atoms with E-state index in [0.29, 0.717) is 16.8 Å². The van der Waals surface area contributed by atoms with E-state index in [1.807, 2.05) is 12.1 Å². The van der Waals surface area contributed by atoms with Crippen molar-refractivity contribution >= 4 is 16.9 Å². The van der Waals surface area contributed by atoms with Gasteiger partial charge in [-0.25, -0.2) is 14.5 Å². The lowest BCUT2D eigenvalue weighted by Crippen LogP contribution is -2.16. The van der Waals surface area contributed by atoms with Crippen LogP contribution in [0, 0.1) is 0 Å². The summed E-state index contributed by atoms with van der Waals surface area (Å²) in [6, 6.07) is 5.67. The maximum Gasteiger partial charge on any atom is 0.338 e. The Balaban J connectivity index is 0.000000552. The van der Waals surface area contributed by atoms with Gasteiger partial charge in [0.15, 0.2) is 0 Å². The Hall–Kier alpha value is -3.08. The number of carboxylic acids is 1. The summed E-state index contributed by atoms with van der Waals surface area (Å²) in [6.45, 7) is 1.55. The number of carboxylic acid groups (broad SMARTS) is 1. The number of nitrogens with zero attached hydrogens (tertiary/aromatic N) is 3. The van der Waals surface area contributed by atoms with E-state index in [-0.39, 0.29) is 23.8 Å². The van der Waals surface area contributed by atoms with Gasteiger partial charge >= 0.3 is 5.97 Å². The summed E-state index contributed by atoms with van der Waals surface area (Å²) in [6.07, 6.45) is 4.42. The van der Waals surface area contributed by atoms with Gasteiger partial charge in [0.1, 0.15) is 0 Å². The summed E-state index contributed by atoms with van der Waals surface area (Å²) >= 11 is 0. The zero-order chi connectivity index (χ0) is 20.8. The predicted octanol–water partition coefficient (Wildman–Crippen LogP) is 0.857. The molecule has 154 valence electrons. The second kappa shape index (κ2) is 9.41. The van der Waals surface area contributed by atoms with Crippen molar-refractivity contribution in [3.8, 4) is 5.95 Å². The smallest absolute Gasteiger partial charge is 0.338 e. The molecule has 1 aliphatic heterocycles. The number of aromatic carboxylic acids is 1. The molecular formula is C19H23N5O5. The van der Waals surface area contributed by atoms with E-state index in [0.717, 1.165) is 31.6 Å². The first-order chi connectivity index (χ1) is 14.0. The molecule has 10 nitrogen and oxygen atoms in total. The van der Waals surface area contributed by atoms with Crippen molar-refractivity contribution in [2.45, 2.75) is 18.8 Å². The third kappa shape index (κ3) is 4.86. The van der Waals surface area contributed by atoms with Crippen LogP contribution in [0.25, 0.3) is 16.9 Å². The van der Waals surface area contributed by atoms with E-state index in [1.54, 1.807) is 13.1 Å². The third-order valence-corrected chi connectivity index (χ3v) is 4.62. The maximum atomic E-state index is 12.3. The first-order valence-corrected chi connectivity index (χ1v) is 9.19. The van der Waals surface area contributed by atoms with Crippen molar-refractivity contribution < 1.29 is 19.7 Å². The molecule has 0 saturated carbocycles. The third-order valence-electron chi connectivity index (χ3n) is 4.62. The van der Waals surface area contributed by atoms with E-state index in [1.165, 1.54) is 17.1 Å². The number of aromatic nitrogens is 4. The van der Waals surface area contributed by atoms with Crippen molar-refractivity contribution in [1.82, 2.24) is 25.1 Å². The molecule has 1 aliphatic rings. The Bertz CT molecular complexity index is 1040. The minimum atomic E-state index is -1.09. The van der Waals surface area contributed by atoms with Gasteiger partial charge < -0.3 is 14.9 Å². The number of ether oxygens (including phenoxy) is 1. The van der Waals surface area contributed by atoms with Gasteiger partial charge in [-0.1, -0.05) is 6.07 Å². The Morgan fingerprint density at radius 1 is 1.38 bits per heavy atom. The molecule has 1 aromatic carbocycles. The highest BCUT2D eigenvalue weighted by Crippen LogP contribution is 2.28. The lowest BCUT2D eigenvalue weighted by atomic mass is 9.91. The molecule has 4 N–H and O–H groups in total. The fraction of sp³-hybridized carbons (Fsp3) is 0.368. The van der Waals surface area contributed by atoms with Crippen molar-refractivity contribution in [3.63, 3.8) is 0 Å². The van der Waals surface area contributed by atoms with Crippen LogP contribution < -0.4 is 10.9 Å². The van der Waals surface area contributed by atoms with Gasteiger partial charge in [-0.2, -0.15) is 5.10 Å². The Labute approximate surface area is 166 Å². The molecular weight excluding hydrogens is 378 g/mol. The van der Waals surface area contributed by atoms with Gasteiger partial charge in [0.25, 0.3) is 5.56 Å². The molecule has 0 spiro atoms. The lowest BCUT2D eigenvalue weighted by molar-refractivity contribution is 0.0697. The predicted molar refractivity (Wildman–Crippen MR) is 105 cm³/mol. The summed E-state index contributed by atoms with van der Waals surface area (Å²) in [5.41, 5.74) is 1.44. The number of nitrogens with one attached hydrogen (secondary N) is 2. The number of H-pyrrole nitrogens is 1. The second-order valence-corrected chi connectivity index (χ2v) is 6.54. The molecule has 0 unspecified atom stereocenters. The summed E-state index contributed by atoms with van der Waals surface area (Å²) in [5.74, 6) is -0.503. The van der Waals surface area contributed by atoms with Crippen molar-refractivity contribution in [2.75, 3.05) is 27.0 Å². The molecule has 1 fully saturated rings. The number of hydrogen-bond acceptors (Lipinski definition) is 7. The highest BCUT2D eigenvalue weighted by atomic mass is 16.5.